The zero-order valence-corrected chi connectivity index (χ0v) is 20.6. The minimum Gasteiger partial charge on any atom is -0.491 e. The highest BCUT2D eigenvalue weighted by Crippen LogP contribution is 2.53. The van der Waals surface area contributed by atoms with Gasteiger partial charge in [0.05, 0.1) is 12.5 Å². The number of halogens is 3. The number of aryl methyl sites for hydroxylation is 1. The third kappa shape index (κ3) is 3.93. The van der Waals surface area contributed by atoms with Crippen LogP contribution in [0.4, 0.5) is 10.1 Å². The second kappa shape index (κ2) is 9.24. The minimum absolute atomic E-state index is 0.000448. The van der Waals surface area contributed by atoms with Crippen LogP contribution in [0.5, 0.6) is 5.75 Å². The molecule has 184 valence electrons. The number of fused-ring (bicyclic) bond motifs is 3. The molecule has 2 atom stereocenters. The van der Waals surface area contributed by atoms with Gasteiger partial charge in [0, 0.05) is 32.9 Å². The average molecular weight is 527 g/mol. The van der Waals surface area contributed by atoms with Crippen LogP contribution < -0.4 is 15.4 Å². The first-order valence-corrected chi connectivity index (χ1v) is 11.9. The number of amides is 2. The minimum atomic E-state index is -1.45. The van der Waals surface area contributed by atoms with Gasteiger partial charge in [-0.1, -0.05) is 35.3 Å². The van der Waals surface area contributed by atoms with Crippen molar-refractivity contribution in [3.8, 4) is 5.75 Å². The highest BCUT2D eigenvalue weighted by atomic mass is 35.5. The first-order chi connectivity index (χ1) is 17.2. The van der Waals surface area contributed by atoms with Gasteiger partial charge in [-0.05, 0) is 66.1 Å². The van der Waals surface area contributed by atoms with Gasteiger partial charge >= 0.3 is 0 Å². The predicted octanol–water partition coefficient (Wildman–Crippen LogP) is 4.84. The topological polar surface area (TPSA) is 87.7 Å². The second-order valence-electron chi connectivity index (χ2n) is 8.68. The molecule has 0 radical (unpaired) electrons. The van der Waals surface area contributed by atoms with Crippen LogP contribution in [0.1, 0.15) is 22.3 Å². The SMILES string of the molecule is Cc1ccc(F)cc1C12NC(=O)C=C(c3cc(Cl)ccc3OCCO)[C@@H]1C(=O)Nc1cc(Cl)ccc12. The number of carbonyl (C=O) groups is 2. The number of hydrogen-bond acceptors (Lipinski definition) is 4. The maximum absolute atomic E-state index is 14.7. The quantitative estimate of drug-likeness (QED) is 0.444. The first kappa shape index (κ1) is 24.3. The van der Waals surface area contributed by atoms with Gasteiger partial charge in [-0.3, -0.25) is 9.59 Å². The van der Waals surface area contributed by atoms with E-state index in [0.29, 0.717) is 49.3 Å². The van der Waals surface area contributed by atoms with E-state index in [9.17, 15) is 19.1 Å². The Balaban J connectivity index is 1.84. The zero-order valence-electron chi connectivity index (χ0n) is 19.1. The number of benzene rings is 3. The third-order valence-electron chi connectivity index (χ3n) is 6.50. The molecule has 3 aromatic carbocycles. The molecule has 1 unspecified atom stereocenters. The molecule has 0 saturated heterocycles. The smallest absolute Gasteiger partial charge is 0.245 e. The van der Waals surface area contributed by atoms with Crippen molar-refractivity contribution in [2.75, 3.05) is 18.5 Å². The van der Waals surface area contributed by atoms with Gasteiger partial charge in [0.2, 0.25) is 11.8 Å². The van der Waals surface area contributed by atoms with Gasteiger partial charge in [-0.2, -0.15) is 0 Å². The van der Waals surface area contributed by atoms with Crippen molar-refractivity contribution in [2.45, 2.75) is 12.5 Å². The number of anilines is 1. The fourth-order valence-electron chi connectivity index (χ4n) is 5.12. The summed E-state index contributed by atoms with van der Waals surface area (Å²) in [5, 5.41) is 15.9. The molecule has 2 aliphatic heterocycles. The molecule has 2 amide bonds. The standard InChI is InChI=1S/C27H21Cl2FN2O4/c1-14-2-5-17(30)12-21(14)27-20-6-3-16(29)11-22(20)31-26(35)25(27)19(13-24(34)32-27)18-10-15(28)4-7-23(18)36-9-8-33/h2-7,10-13,25,33H,8-9H2,1H3,(H,31,35)(H,32,34)/t25-,27?/m1/s1. The van der Waals surface area contributed by atoms with Gasteiger partial charge in [0.25, 0.3) is 0 Å². The predicted molar refractivity (Wildman–Crippen MR) is 136 cm³/mol. The highest BCUT2D eigenvalue weighted by molar-refractivity contribution is 6.31. The summed E-state index contributed by atoms with van der Waals surface area (Å²) < 4.78 is 20.4. The maximum atomic E-state index is 14.7. The second-order valence-corrected chi connectivity index (χ2v) is 9.55. The summed E-state index contributed by atoms with van der Waals surface area (Å²) in [5.74, 6) is -2.08. The summed E-state index contributed by atoms with van der Waals surface area (Å²) in [6.07, 6.45) is 1.33. The summed E-state index contributed by atoms with van der Waals surface area (Å²) in [4.78, 5) is 27.1. The molecular weight excluding hydrogens is 506 g/mol. The monoisotopic (exact) mass is 526 g/mol. The van der Waals surface area contributed by atoms with E-state index in [-0.39, 0.29) is 13.2 Å². The molecule has 9 heteroatoms. The summed E-state index contributed by atoms with van der Waals surface area (Å²) in [7, 11) is 0. The molecule has 2 heterocycles. The fourth-order valence-corrected chi connectivity index (χ4v) is 5.46. The number of nitrogens with one attached hydrogen (secondary N) is 2. The van der Waals surface area contributed by atoms with Crippen LogP contribution in [0.2, 0.25) is 10.0 Å². The van der Waals surface area contributed by atoms with Gasteiger partial charge in [-0.25, -0.2) is 4.39 Å². The summed E-state index contributed by atoms with van der Waals surface area (Å²) >= 11 is 12.5. The summed E-state index contributed by atoms with van der Waals surface area (Å²) in [6, 6.07) is 14.1. The number of ether oxygens (including phenoxy) is 1. The Hall–Kier alpha value is -3.39. The van der Waals surface area contributed by atoms with Crippen molar-refractivity contribution in [3.05, 3.63) is 98.8 Å². The molecule has 3 N–H and O–H groups in total. The Morgan fingerprint density at radius 1 is 1.03 bits per heavy atom. The van der Waals surface area contributed by atoms with Crippen molar-refractivity contribution >= 4 is 46.3 Å². The Kier molecular flexibility index (Phi) is 6.24. The summed E-state index contributed by atoms with van der Waals surface area (Å²) in [6.45, 7) is 1.56. The lowest BCUT2D eigenvalue weighted by Crippen LogP contribution is -2.60. The number of aliphatic hydroxyl groups is 1. The van der Waals surface area contributed by atoms with Crippen LogP contribution in [-0.2, 0) is 15.1 Å². The fraction of sp³-hybridized carbons (Fsp3) is 0.185. The van der Waals surface area contributed by atoms with Gasteiger partial charge in [0.1, 0.15) is 23.7 Å². The van der Waals surface area contributed by atoms with E-state index >= 15 is 0 Å². The Morgan fingerprint density at radius 3 is 2.56 bits per heavy atom. The van der Waals surface area contributed by atoms with Crippen LogP contribution in [0.15, 0.2) is 60.7 Å². The molecule has 0 saturated carbocycles. The molecule has 5 rings (SSSR count). The van der Waals surface area contributed by atoms with Crippen molar-refractivity contribution in [2.24, 2.45) is 5.92 Å². The average Bonchev–Trinajstić information content (AvgIpc) is 2.83. The Morgan fingerprint density at radius 2 is 1.78 bits per heavy atom. The van der Waals surface area contributed by atoms with Gasteiger partial charge < -0.3 is 20.5 Å². The maximum Gasteiger partial charge on any atom is 0.245 e. The highest BCUT2D eigenvalue weighted by Gasteiger charge is 2.55. The number of hydrogen-bond donors (Lipinski definition) is 3. The molecule has 0 aliphatic carbocycles. The van der Waals surface area contributed by atoms with Crippen LogP contribution in [0.3, 0.4) is 0 Å². The van der Waals surface area contributed by atoms with E-state index in [1.165, 1.54) is 18.2 Å². The van der Waals surface area contributed by atoms with Crippen molar-refractivity contribution < 1.29 is 23.8 Å². The first-order valence-electron chi connectivity index (χ1n) is 11.2. The van der Waals surface area contributed by atoms with Crippen molar-refractivity contribution in [1.82, 2.24) is 5.32 Å². The van der Waals surface area contributed by atoms with E-state index in [2.05, 4.69) is 10.6 Å². The number of rotatable bonds is 5. The van der Waals surface area contributed by atoms with Crippen LogP contribution in [0.25, 0.3) is 5.57 Å². The molecule has 0 spiro atoms. The molecule has 36 heavy (non-hydrogen) atoms. The van der Waals surface area contributed by atoms with E-state index in [0.717, 1.165) is 0 Å². The lowest BCUT2D eigenvalue weighted by Gasteiger charge is -2.49. The molecule has 3 aromatic rings. The van der Waals surface area contributed by atoms with Crippen LogP contribution in [0, 0.1) is 18.7 Å². The van der Waals surface area contributed by atoms with Crippen LogP contribution >= 0.6 is 23.2 Å². The molecule has 2 aliphatic rings. The van der Waals surface area contributed by atoms with Crippen molar-refractivity contribution in [3.63, 3.8) is 0 Å². The molecule has 0 aromatic heterocycles. The van der Waals surface area contributed by atoms with E-state index in [4.69, 9.17) is 27.9 Å². The Labute approximate surface area is 216 Å². The number of aliphatic hydroxyl groups excluding tert-OH is 1. The van der Waals surface area contributed by atoms with E-state index in [1.54, 1.807) is 49.4 Å². The Bertz CT molecular complexity index is 1440. The third-order valence-corrected chi connectivity index (χ3v) is 6.97. The van der Waals surface area contributed by atoms with Gasteiger partial charge in [0.15, 0.2) is 0 Å². The van der Waals surface area contributed by atoms with Gasteiger partial charge in [-0.15, -0.1) is 0 Å². The molecule has 0 fully saturated rings. The van der Waals surface area contributed by atoms with Crippen molar-refractivity contribution in [1.29, 1.82) is 0 Å². The molecule has 0 bridgehead atoms. The van der Waals surface area contributed by atoms with E-state index in [1.807, 2.05) is 0 Å². The van der Waals surface area contributed by atoms with Crippen LogP contribution in [-0.4, -0.2) is 30.1 Å². The lowest BCUT2D eigenvalue weighted by molar-refractivity contribution is -0.123. The normalized spacial score (nSPS) is 20.6. The summed E-state index contributed by atoms with van der Waals surface area (Å²) in [5.41, 5.74) is 1.40. The number of carbonyl (C=O) groups excluding carboxylic acids is 2. The molecule has 6 nitrogen and oxygen atoms in total. The van der Waals surface area contributed by atoms with E-state index < -0.39 is 29.1 Å². The molecular formula is C27H21Cl2FN2O4. The zero-order chi connectivity index (χ0) is 25.6. The largest absolute Gasteiger partial charge is 0.491 e. The lowest BCUT2D eigenvalue weighted by atomic mass is 9.63.